The quantitative estimate of drug-likeness (QED) is 0.541. The third-order valence-corrected chi connectivity index (χ3v) is 1.05. The minimum absolute atomic E-state index is 0. The van der Waals surface area contributed by atoms with Gasteiger partial charge in [-0.1, -0.05) is 0 Å². The Morgan fingerprint density at radius 1 is 1.75 bits per heavy atom. The Balaban J connectivity index is 0. The maximum atomic E-state index is 9.72. The first-order chi connectivity index (χ1) is 3.18. The molecule has 4 nitrogen and oxygen atoms in total. The summed E-state index contributed by atoms with van der Waals surface area (Å²) in [6, 6.07) is 0. The second-order valence-corrected chi connectivity index (χ2v) is 2.11. The monoisotopic (exact) mass is 138 g/mol. The fraction of sp³-hybridized carbons (Fsp3) is 0.667. The Bertz CT molecular complexity index is 91.3. The summed E-state index contributed by atoms with van der Waals surface area (Å²) in [5.41, 5.74) is -0.764. The summed E-state index contributed by atoms with van der Waals surface area (Å²) in [6.45, 7) is 1.37. The number of carboxylic acid groups (broad SMARTS) is 1. The maximum absolute atomic E-state index is 9.72. The van der Waals surface area contributed by atoms with Crippen LogP contribution in [0.4, 0.5) is 0 Å². The highest BCUT2D eigenvalue weighted by molar-refractivity contribution is 7.26. The van der Waals surface area contributed by atoms with Crippen LogP contribution < -0.4 is 0 Å². The third kappa shape index (κ3) is 3.71. The van der Waals surface area contributed by atoms with E-state index in [0.717, 1.165) is 0 Å². The summed E-state index contributed by atoms with van der Waals surface area (Å²) in [5, 5.41) is 7.98. The molecule has 0 aromatic rings. The number of rotatable bonds is 2. The van der Waals surface area contributed by atoms with Crippen molar-refractivity contribution in [3.63, 3.8) is 0 Å². The summed E-state index contributed by atoms with van der Waals surface area (Å²) in [6.07, 6.45) is 0. The molecule has 0 aliphatic rings. The first-order valence-corrected chi connectivity index (χ1v) is 2.62. The minimum atomic E-state index is -1.03. The van der Waals surface area contributed by atoms with Gasteiger partial charge in [0.05, 0.1) is 0 Å². The molecule has 0 radical (unpaired) electrons. The molecule has 0 saturated heterocycles. The van der Waals surface area contributed by atoms with E-state index in [9.17, 15) is 9.36 Å². The van der Waals surface area contributed by atoms with E-state index in [1.807, 2.05) is 0 Å². The van der Waals surface area contributed by atoms with Crippen molar-refractivity contribution in [2.75, 3.05) is 0 Å². The van der Waals surface area contributed by atoms with E-state index in [1.54, 1.807) is 0 Å². The van der Waals surface area contributed by atoms with Crippen LogP contribution in [0.3, 0.4) is 0 Å². The van der Waals surface area contributed by atoms with Gasteiger partial charge in [-0.3, -0.25) is 9.36 Å². The molecule has 8 heavy (non-hydrogen) atoms. The normalized spacial score (nSPS) is 12.1. The van der Waals surface area contributed by atoms with Crippen molar-refractivity contribution in [2.24, 2.45) is 0 Å². The summed E-state index contributed by atoms with van der Waals surface area (Å²) < 4.78 is 9.66. The van der Waals surface area contributed by atoms with Crippen LogP contribution in [0.5, 0.6) is 0 Å². The second kappa shape index (κ2) is 4.68. The molecule has 1 atom stereocenters. The van der Waals surface area contributed by atoms with Crippen LogP contribution >= 0.6 is 8.46 Å². The Labute approximate surface area is 48.0 Å². The summed E-state index contributed by atoms with van der Waals surface area (Å²) >= 11 is 0. The average Bonchev–Trinajstić information content (AvgIpc) is 1.65. The Hall–Kier alpha value is -0.470. The minimum Gasteiger partial charge on any atom is -0.480 e. The van der Waals surface area contributed by atoms with Crippen LogP contribution in [0.1, 0.15) is 6.92 Å². The molecule has 0 aliphatic carbocycles. The Kier molecular flexibility index (Phi) is 6.15. The lowest BCUT2D eigenvalue weighted by Gasteiger charge is -1.86. The van der Waals surface area contributed by atoms with E-state index in [0.29, 0.717) is 0 Å². The van der Waals surface area contributed by atoms with Gasteiger partial charge in [-0.2, -0.15) is 0 Å². The molecule has 0 aromatic carbocycles. The van der Waals surface area contributed by atoms with E-state index < -0.39 is 11.6 Å². The number of aliphatic carboxylic acids is 1. The smallest absolute Gasteiger partial charge is 0.317 e. The van der Waals surface area contributed by atoms with Gasteiger partial charge in [0.15, 0.2) is 8.46 Å². The van der Waals surface area contributed by atoms with Gasteiger partial charge >= 0.3 is 5.97 Å². The van der Waals surface area contributed by atoms with E-state index in [4.69, 9.17) is 5.11 Å². The summed E-state index contributed by atoms with van der Waals surface area (Å²) in [5.74, 6) is -1.03. The van der Waals surface area contributed by atoms with Crippen molar-refractivity contribution in [3.8, 4) is 0 Å². The van der Waals surface area contributed by atoms with Crippen LogP contribution in [0.15, 0.2) is 0 Å². The molecule has 0 heterocycles. The molecular formula is C3H7O4P. The predicted molar refractivity (Wildman–Crippen MR) is 28.3 cm³/mol. The Morgan fingerprint density at radius 2 is 2.12 bits per heavy atom. The van der Waals surface area contributed by atoms with Crippen molar-refractivity contribution in [1.29, 1.82) is 0 Å². The number of carboxylic acids is 1. The SMILES string of the molecule is CC(P=O)C(=O)O.O. The predicted octanol–water partition coefficient (Wildman–Crippen LogP) is -0.0735. The molecular weight excluding hydrogens is 131 g/mol. The lowest BCUT2D eigenvalue weighted by atomic mass is 10.5. The van der Waals surface area contributed by atoms with Crippen LogP contribution in [0, 0.1) is 0 Å². The van der Waals surface area contributed by atoms with Gasteiger partial charge in [0.2, 0.25) is 0 Å². The summed E-state index contributed by atoms with van der Waals surface area (Å²) in [7, 11) is -0.327. The van der Waals surface area contributed by atoms with E-state index >= 15 is 0 Å². The van der Waals surface area contributed by atoms with Crippen LogP contribution in [-0.2, 0) is 9.36 Å². The fourth-order valence-corrected chi connectivity index (χ4v) is 0.135. The number of hydrogen-bond acceptors (Lipinski definition) is 2. The lowest BCUT2D eigenvalue weighted by molar-refractivity contribution is -0.136. The molecule has 0 fully saturated rings. The van der Waals surface area contributed by atoms with Crippen molar-refractivity contribution >= 4 is 14.4 Å². The highest BCUT2D eigenvalue weighted by Crippen LogP contribution is 2.02. The van der Waals surface area contributed by atoms with Crippen molar-refractivity contribution < 1.29 is 19.9 Å². The van der Waals surface area contributed by atoms with Gasteiger partial charge < -0.3 is 10.6 Å². The zero-order chi connectivity index (χ0) is 5.86. The highest BCUT2D eigenvalue weighted by Gasteiger charge is 2.07. The molecule has 3 N–H and O–H groups in total. The molecule has 0 aromatic heterocycles. The molecule has 0 saturated carbocycles. The standard InChI is InChI=1S/C3H5O3P.H2O/c1-2(7-6)3(4)5;/h2H,1H3,(H,4,5);1H2. The largest absolute Gasteiger partial charge is 0.480 e. The molecule has 0 aliphatic heterocycles. The molecule has 1 unspecified atom stereocenters. The van der Waals surface area contributed by atoms with E-state index in [2.05, 4.69) is 0 Å². The zero-order valence-electron chi connectivity index (χ0n) is 4.29. The van der Waals surface area contributed by atoms with Gasteiger partial charge in [0.1, 0.15) is 5.66 Å². The second-order valence-electron chi connectivity index (χ2n) is 1.12. The molecule has 0 amide bonds. The van der Waals surface area contributed by atoms with Crippen molar-refractivity contribution in [3.05, 3.63) is 0 Å². The third-order valence-electron chi connectivity index (χ3n) is 0.516. The van der Waals surface area contributed by atoms with Crippen molar-refractivity contribution in [2.45, 2.75) is 12.6 Å². The van der Waals surface area contributed by atoms with E-state index in [-0.39, 0.29) is 13.9 Å². The van der Waals surface area contributed by atoms with Gasteiger partial charge in [0.25, 0.3) is 0 Å². The van der Waals surface area contributed by atoms with Crippen LogP contribution in [0.2, 0.25) is 0 Å². The fourth-order valence-electron chi connectivity index (χ4n) is 0.0451. The van der Waals surface area contributed by atoms with Gasteiger partial charge in [-0.05, 0) is 6.92 Å². The van der Waals surface area contributed by atoms with Crippen LogP contribution in [0.25, 0.3) is 0 Å². The molecule has 0 rings (SSSR count). The average molecular weight is 138 g/mol. The molecule has 0 spiro atoms. The maximum Gasteiger partial charge on any atom is 0.317 e. The van der Waals surface area contributed by atoms with E-state index in [1.165, 1.54) is 6.92 Å². The topological polar surface area (TPSA) is 85.9 Å². The lowest BCUT2D eigenvalue weighted by Crippen LogP contribution is -2.07. The summed E-state index contributed by atoms with van der Waals surface area (Å²) in [4.78, 5) is 9.72. The molecule has 48 valence electrons. The van der Waals surface area contributed by atoms with Crippen molar-refractivity contribution in [1.82, 2.24) is 0 Å². The Morgan fingerprint density at radius 3 is 2.12 bits per heavy atom. The van der Waals surface area contributed by atoms with Gasteiger partial charge in [-0.25, -0.2) is 0 Å². The molecule has 0 bridgehead atoms. The first kappa shape index (κ1) is 10.5. The first-order valence-electron chi connectivity index (χ1n) is 1.73. The van der Waals surface area contributed by atoms with Crippen LogP contribution in [-0.4, -0.2) is 22.2 Å². The zero-order valence-corrected chi connectivity index (χ0v) is 5.18. The number of carbonyl (C=O) groups is 1. The highest BCUT2D eigenvalue weighted by atomic mass is 31.1. The number of hydrogen-bond donors (Lipinski definition) is 1. The van der Waals surface area contributed by atoms with Gasteiger partial charge in [0, 0.05) is 0 Å². The van der Waals surface area contributed by atoms with Gasteiger partial charge in [-0.15, -0.1) is 0 Å². The molecule has 5 heteroatoms.